The van der Waals surface area contributed by atoms with Gasteiger partial charge in [0.25, 0.3) is 0 Å². The van der Waals surface area contributed by atoms with E-state index in [-0.39, 0.29) is 18.8 Å². The number of halogens is 4. The van der Waals surface area contributed by atoms with Crippen molar-refractivity contribution in [1.29, 1.82) is 0 Å². The van der Waals surface area contributed by atoms with Crippen LogP contribution in [0.3, 0.4) is 0 Å². The Morgan fingerprint density at radius 1 is 1.22 bits per heavy atom. The van der Waals surface area contributed by atoms with Gasteiger partial charge < -0.3 is 14.0 Å². The van der Waals surface area contributed by atoms with Gasteiger partial charge in [-0.3, -0.25) is 0 Å². The molecule has 0 aliphatic carbocycles. The molecule has 1 atom stereocenters. The summed E-state index contributed by atoms with van der Waals surface area (Å²) in [6.45, 7) is 0.466. The molecule has 18 heavy (non-hydrogen) atoms. The third-order valence-corrected chi connectivity index (χ3v) is 3.37. The Bertz CT molecular complexity index is 432. The van der Waals surface area contributed by atoms with Gasteiger partial charge in [-0.25, -0.2) is 4.39 Å². The van der Waals surface area contributed by atoms with Gasteiger partial charge in [0.15, 0.2) is 11.2 Å². The van der Waals surface area contributed by atoms with Crippen LogP contribution < -0.4 is 0 Å². The molecule has 1 aromatic rings. The van der Waals surface area contributed by atoms with Gasteiger partial charge in [-0.05, 0) is 12.1 Å². The van der Waals surface area contributed by atoms with E-state index in [4.69, 9.17) is 9.47 Å². The van der Waals surface area contributed by atoms with Crippen LogP contribution in [-0.2, 0) is 20.6 Å². The van der Waals surface area contributed by atoms with Crippen molar-refractivity contribution in [2.24, 2.45) is 0 Å². The molecule has 1 aliphatic heterocycles. The van der Waals surface area contributed by atoms with Crippen molar-refractivity contribution >= 4 is 11.2 Å². The van der Waals surface area contributed by atoms with Crippen LogP contribution >= 0.6 is 0 Å². The van der Waals surface area contributed by atoms with Gasteiger partial charge in [-0.2, -0.15) is 0 Å². The van der Waals surface area contributed by atoms with Crippen molar-refractivity contribution in [1.82, 2.24) is 0 Å². The summed E-state index contributed by atoms with van der Waals surface area (Å²) in [5, 5.41) is 0. The zero-order valence-corrected chi connectivity index (χ0v) is 9.68. The number of alkyl halides is 3. The lowest BCUT2D eigenvalue weighted by molar-refractivity contribution is -0.0474. The summed E-state index contributed by atoms with van der Waals surface area (Å²) in [4.78, 5) is -0.530. The van der Waals surface area contributed by atoms with Crippen molar-refractivity contribution in [2.75, 3.05) is 13.2 Å². The van der Waals surface area contributed by atoms with Crippen molar-refractivity contribution in [3.05, 3.63) is 29.6 Å². The van der Waals surface area contributed by atoms with E-state index < -0.39 is 33.7 Å². The Balaban J connectivity index is 2.31. The number of hydrogen-bond acceptors (Lipinski definition) is 3. The molecule has 1 saturated heterocycles. The molecule has 2 rings (SSSR count). The minimum Gasteiger partial charge on any atom is -0.604 e. The zero-order chi connectivity index (χ0) is 13.3. The number of rotatable bonds is 2. The second-order valence-corrected chi connectivity index (χ2v) is 4.94. The van der Waals surface area contributed by atoms with Crippen molar-refractivity contribution in [3.8, 4) is 0 Å². The topological polar surface area (TPSA) is 41.5 Å². The fourth-order valence-electron chi connectivity index (χ4n) is 1.49. The van der Waals surface area contributed by atoms with E-state index in [0.717, 1.165) is 18.2 Å². The molecule has 0 spiro atoms. The summed E-state index contributed by atoms with van der Waals surface area (Å²) in [5.41, 5.74) is -5.06. The summed E-state index contributed by atoms with van der Waals surface area (Å²) in [5.74, 6) is -0.759. The quantitative estimate of drug-likeness (QED) is 0.619. The molecule has 0 bridgehead atoms. The smallest absolute Gasteiger partial charge is 0.578 e. The van der Waals surface area contributed by atoms with Gasteiger partial charge in [0.1, 0.15) is 5.82 Å². The molecule has 1 heterocycles. The Kier molecular flexibility index (Phi) is 3.81. The first-order valence-electron chi connectivity index (χ1n) is 4.91. The third kappa shape index (κ3) is 2.77. The van der Waals surface area contributed by atoms with Gasteiger partial charge in [0.05, 0.1) is 24.4 Å². The maximum Gasteiger partial charge on any atom is 0.578 e. The highest BCUT2D eigenvalue weighted by Crippen LogP contribution is 2.33. The molecule has 1 fully saturated rings. The molecule has 1 aliphatic rings. The lowest BCUT2D eigenvalue weighted by Crippen LogP contribution is -2.23. The van der Waals surface area contributed by atoms with E-state index in [1.165, 1.54) is 0 Å². The van der Waals surface area contributed by atoms with E-state index in [1.807, 2.05) is 0 Å². The van der Waals surface area contributed by atoms with Crippen molar-refractivity contribution < 1.29 is 31.6 Å². The van der Waals surface area contributed by atoms with Crippen LogP contribution in [-0.4, -0.2) is 23.3 Å². The minimum absolute atomic E-state index is 0.178. The van der Waals surface area contributed by atoms with Crippen LogP contribution in [0.15, 0.2) is 23.1 Å². The molecule has 3 nitrogen and oxygen atoms in total. The number of benzene rings is 1. The van der Waals surface area contributed by atoms with Crippen molar-refractivity contribution in [2.45, 2.75) is 16.7 Å². The summed E-state index contributed by atoms with van der Waals surface area (Å²) in [6.07, 6.45) is -1.05. The van der Waals surface area contributed by atoms with E-state index in [1.54, 1.807) is 0 Å². The molecular formula is C10H8F4O3S. The molecule has 1 unspecified atom stereocenters. The number of hydrogen-bond donors (Lipinski definition) is 0. The Hall–Kier alpha value is -0.830. The summed E-state index contributed by atoms with van der Waals surface area (Å²) >= 11 is -3.20. The van der Waals surface area contributed by atoms with Gasteiger partial charge in [0.2, 0.25) is 0 Å². The molecule has 0 radical (unpaired) electrons. The lowest BCUT2D eigenvalue weighted by atomic mass is 10.2. The van der Waals surface area contributed by atoms with Gasteiger partial charge in [0, 0.05) is 11.6 Å². The molecular weight excluding hydrogens is 276 g/mol. The van der Waals surface area contributed by atoms with E-state index in [2.05, 4.69) is 0 Å². The lowest BCUT2D eigenvalue weighted by Gasteiger charge is -2.15. The van der Waals surface area contributed by atoms with Crippen LogP contribution in [0.5, 0.6) is 0 Å². The summed E-state index contributed by atoms with van der Waals surface area (Å²) in [7, 11) is 0. The predicted octanol–water partition coefficient (Wildman–Crippen LogP) is 2.50. The second-order valence-electron chi connectivity index (χ2n) is 3.47. The normalized spacial score (nSPS) is 19.2. The monoisotopic (exact) mass is 284 g/mol. The van der Waals surface area contributed by atoms with Crippen LogP contribution in [0.2, 0.25) is 0 Å². The largest absolute Gasteiger partial charge is 0.604 e. The standard InChI is InChI=1S/C10H8F4O3S/c11-8-2-1-6(18(15)10(12,13)14)5-7(8)9-16-3-4-17-9/h1-2,5,9H,3-4H2. The van der Waals surface area contributed by atoms with Crippen molar-refractivity contribution in [3.63, 3.8) is 0 Å². The fourth-order valence-corrected chi connectivity index (χ4v) is 2.18. The first kappa shape index (κ1) is 13.6. The van der Waals surface area contributed by atoms with E-state index in [9.17, 15) is 22.1 Å². The number of ether oxygens (including phenoxy) is 2. The predicted molar refractivity (Wildman–Crippen MR) is 53.5 cm³/mol. The molecule has 0 amide bonds. The van der Waals surface area contributed by atoms with Gasteiger partial charge >= 0.3 is 5.51 Å². The minimum atomic E-state index is -4.88. The Morgan fingerprint density at radius 2 is 1.83 bits per heavy atom. The average Bonchev–Trinajstić information content (AvgIpc) is 2.81. The van der Waals surface area contributed by atoms with E-state index >= 15 is 0 Å². The molecule has 100 valence electrons. The molecule has 0 aromatic heterocycles. The van der Waals surface area contributed by atoms with Crippen LogP contribution in [0.25, 0.3) is 0 Å². The highest BCUT2D eigenvalue weighted by Gasteiger charge is 2.46. The maximum absolute atomic E-state index is 13.4. The maximum atomic E-state index is 13.4. The molecule has 1 aromatic carbocycles. The average molecular weight is 284 g/mol. The van der Waals surface area contributed by atoms with Crippen LogP contribution in [0, 0.1) is 5.82 Å². The molecule has 0 saturated carbocycles. The third-order valence-electron chi connectivity index (χ3n) is 2.27. The summed E-state index contributed by atoms with van der Waals surface area (Å²) < 4.78 is 71.4. The fraction of sp³-hybridized carbons (Fsp3) is 0.400. The van der Waals surface area contributed by atoms with E-state index in [0.29, 0.717) is 0 Å². The highest BCUT2D eigenvalue weighted by molar-refractivity contribution is 7.92. The van der Waals surface area contributed by atoms with Crippen LogP contribution in [0.1, 0.15) is 11.9 Å². The summed E-state index contributed by atoms with van der Waals surface area (Å²) in [6, 6.07) is 2.51. The highest BCUT2D eigenvalue weighted by atomic mass is 32.2. The second kappa shape index (κ2) is 5.04. The van der Waals surface area contributed by atoms with Crippen LogP contribution in [0.4, 0.5) is 17.6 Å². The zero-order valence-electron chi connectivity index (χ0n) is 8.87. The SMILES string of the molecule is [O-][S+](c1ccc(F)c(C2OCCO2)c1)C(F)(F)F. The Labute approximate surface area is 103 Å². The molecule has 0 N–H and O–H groups in total. The molecule has 8 heteroatoms. The Morgan fingerprint density at radius 3 is 2.39 bits per heavy atom. The van der Waals surface area contributed by atoms with Gasteiger partial charge in [-0.15, -0.1) is 13.2 Å². The van der Waals surface area contributed by atoms with Gasteiger partial charge in [-0.1, -0.05) is 0 Å². The first-order chi connectivity index (χ1) is 8.39. The first-order valence-corrected chi connectivity index (χ1v) is 6.06.